The molecule has 2 aromatic heterocycles. The Morgan fingerprint density at radius 2 is 1.89 bits per heavy atom. The number of ether oxygens (including phenoxy) is 1. The Bertz CT molecular complexity index is 1550. The average molecular weight is 509 g/mol. The van der Waals surface area contributed by atoms with Crippen molar-refractivity contribution in [2.24, 2.45) is 0 Å². The van der Waals surface area contributed by atoms with Gasteiger partial charge in [-0.1, -0.05) is 61.1 Å². The number of esters is 1. The summed E-state index contributed by atoms with van der Waals surface area (Å²) < 4.78 is 10.8. The number of methoxy groups -OCH3 is 1. The van der Waals surface area contributed by atoms with Crippen LogP contribution in [0.3, 0.4) is 0 Å². The summed E-state index contributed by atoms with van der Waals surface area (Å²) in [5.74, 6) is -0.770. The molecular weight excluding hydrogens is 488 g/mol. The molecule has 1 amide bonds. The zero-order chi connectivity index (χ0) is 25.0. The van der Waals surface area contributed by atoms with Gasteiger partial charge < -0.3 is 9.15 Å². The number of amides is 1. The molecule has 0 aliphatic carbocycles. The van der Waals surface area contributed by atoms with Crippen molar-refractivity contribution in [2.45, 2.75) is 32.7 Å². The molecule has 0 N–H and O–H groups in total. The second kappa shape index (κ2) is 8.62. The predicted octanol–water partition coefficient (Wildman–Crippen LogP) is 5.87. The second-order valence-electron chi connectivity index (χ2n) is 8.62. The number of anilines is 1. The first kappa shape index (κ1) is 23.3. The lowest BCUT2D eigenvalue weighted by Gasteiger charge is -2.23. The van der Waals surface area contributed by atoms with E-state index in [0.29, 0.717) is 22.0 Å². The van der Waals surface area contributed by atoms with Crippen LogP contribution in [0, 0.1) is 6.92 Å². The van der Waals surface area contributed by atoms with Gasteiger partial charge in [0.15, 0.2) is 10.6 Å². The molecular formula is C26H21ClN2O5S. The van der Waals surface area contributed by atoms with E-state index in [9.17, 15) is 14.4 Å². The van der Waals surface area contributed by atoms with Crippen LogP contribution in [0.5, 0.6) is 0 Å². The van der Waals surface area contributed by atoms with Gasteiger partial charge in [0.1, 0.15) is 10.5 Å². The standard InChI is InChI=1S/C26H21ClN2O5S/c1-12(2)14-5-7-15(8-6-14)20-19-21(30)17-11-16(27)9-10-18(17)34-22(19)24(31)29(20)26-28-13(3)23(35-26)25(32)33-4/h5-12,20H,1-4H3. The zero-order valence-electron chi connectivity index (χ0n) is 19.4. The van der Waals surface area contributed by atoms with Crippen LogP contribution in [-0.2, 0) is 4.74 Å². The van der Waals surface area contributed by atoms with Crippen LogP contribution in [0.1, 0.15) is 68.4 Å². The monoisotopic (exact) mass is 508 g/mol. The van der Waals surface area contributed by atoms with E-state index in [4.69, 9.17) is 20.8 Å². The number of carbonyl (C=O) groups is 2. The minimum atomic E-state index is -0.783. The van der Waals surface area contributed by atoms with Crippen molar-refractivity contribution in [1.29, 1.82) is 0 Å². The second-order valence-corrected chi connectivity index (χ2v) is 10.0. The lowest BCUT2D eigenvalue weighted by Crippen LogP contribution is -2.29. The highest BCUT2D eigenvalue weighted by Crippen LogP contribution is 2.43. The highest BCUT2D eigenvalue weighted by molar-refractivity contribution is 7.17. The Balaban J connectivity index is 1.76. The van der Waals surface area contributed by atoms with Gasteiger partial charge in [-0.05, 0) is 42.2 Å². The molecule has 7 nitrogen and oxygen atoms in total. The Hall–Kier alpha value is -3.49. The molecule has 4 aromatic rings. The molecule has 0 spiro atoms. The van der Waals surface area contributed by atoms with E-state index in [1.54, 1.807) is 19.1 Å². The molecule has 2 aromatic carbocycles. The van der Waals surface area contributed by atoms with E-state index in [1.165, 1.54) is 18.1 Å². The van der Waals surface area contributed by atoms with E-state index in [2.05, 4.69) is 18.8 Å². The van der Waals surface area contributed by atoms with Crippen molar-refractivity contribution in [1.82, 2.24) is 4.98 Å². The normalized spacial score (nSPS) is 15.2. The van der Waals surface area contributed by atoms with E-state index in [1.807, 2.05) is 24.3 Å². The molecule has 0 saturated carbocycles. The fourth-order valence-electron chi connectivity index (χ4n) is 4.29. The Morgan fingerprint density at radius 3 is 2.54 bits per heavy atom. The van der Waals surface area contributed by atoms with Crippen LogP contribution in [0.4, 0.5) is 5.13 Å². The molecule has 3 heterocycles. The summed E-state index contributed by atoms with van der Waals surface area (Å²) in [4.78, 5) is 45.8. The summed E-state index contributed by atoms with van der Waals surface area (Å²) in [7, 11) is 1.29. The largest absolute Gasteiger partial charge is 0.465 e. The maximum absolute atomic E-state index is 13.7. The van der Waals surface area contributed by atoms with Gasteiger partial charge >= 0.3 is 5.97 Å². The Morgan fingerprint density at radius 1 is 1.17 bits per heavy atom. The molecule has 1 aliphatic heterocycles. The molecule has 0 fully saturated rings. The number of fused-ring (bicyclic) bond motifs is 2. The quantitative estimate of drug-likeness (QED) is 0.320. The highest BCUT2D eigenvalue weighted by atomic mass is 35.5. The summed E-state index contributed by atoms with van der Waals surface area (Å²) in [5.41, 5.74) is 2.44. The first-order valence-electron chi connectivity index (χ1n) is 11.0. The number of aryl methyl sites for hydroxylation is 1. The topological polar surface area (TPSA) is 89.7 Å². The van der Waals surface area contributed by atoms with Crippen molar-refractivity contribution < 1.29 is 18.7 Å². The molecule has 35 heavy (non-hydrogen) atoms. The minimum Gasteiger partial charge on any atom is -0.465 e. The van der Waals surface area contributed by atoms with Crippen LogP contribution in [0.2, 0.25) is 5.02 Å². The van der Waals surface area contributed by atoms with Crippen LogP contribution < -0.4 is 10.3 Å². The smallest absolute Gasteiger partial charge is 0.350 e. The first-order valence-corrected chi connectivity index (χ1v) is 12.2. The maximum atomic E-state index is 13.7. The van der Waals surface area contributed by atoms with Crippen molar-refractivity contribution in [3.05, 3.63) is 90.7 Å². The summed E-state index contributed by atoms with van der Waals surface area (Å²) >= 11 is 7.19. The third-order valence-electron chi connectivity index (χ3n) is 6.11. The third kappa shape index (κ3) is 3.73. The first-order chi connectivity index (χ1) is 16.7. The summed E-state index contributed by atoms with van der Waals surface area (Å²) in [6.07, 6.45) is 0. The summed E-state index contributed by atoms with van der Waals surface area (Å²) in [6, 6.07) is 11.7. The van der Waals surface area contributed by atoms with E-state index in [0.717, 1.165) is 22.5 Å². The van der Waals surface area contributed by atoms with Gasteiger partial charge in [-0.15, -0.1) is 0 Å². The van der Waals surface area contributed by atoms with Gasteiger partial charge in [-0.25, -0.2) is 9.78 Å². The molecule has 178 valence electrons. The van der Waals surface area contributed by atoms with Gasteiger partial charge in [0.05, 0.1) is 29.8 Å². The van der Waals surface area contributed by atoms with E-state index in [-0.39, 0.29) is 32.3 Å². The van der Waals surface area contributed by atoms with Crippen LogP contribution in [0.25, 0.3) is 11.0 Å². The van der Waals surface area contributed by atoms with Crippen molar-refractivity contribution in [3.63, 3.8) is 0 Å². The van der Waals surface area contributed by atoms with Crippen molar-refractivity contribution in [3.8, 4) is 0 Å². The van der Waals surface area contributed by atoms with Gasteiger partial charge in [0.25, 0.3) is 5.91 Å². The Labute approximate surface area is 209 Å². The summed E-state index contributed by atoms with van der Waals surface area (Å²) in [6.45, 7) is 5.85. The lowest BCUT2D eigenvalue weighted by atomic mass is 9.95. The number of hydrogen-bond acceptors (Lipinski definition) is 7. The fraction of sp³-hybridized carbons (Fsp3) is 0.231. The number of aromatic nitrogens is 1. The van der Waals surface area contributed by atoms with Gasteiger partial charge in [-0.3, -0.25) is 14.5 Å². The van der Waals surface area contributed by atoms with Crippen molar-refractivity contribution in [2.75, 3.05) is 12.0 Å². The number of benzene rings is 2. The predicted molar refractivity (Wildman–Crippen MR) is 135 cm³/mol. The van der Waals surface area contributed by atoms with E-state index < -0.39 is 17.9 Å². The molecule has 1 unspecified atom stereocenters. The third-order valence-corrected chi connectivity index (χ3v) is 7.49. The van der Waals surface area contributed by atoms with Gasteiger partial charge in [-0.2, -0.15) is 0 Å². The average Bonchev–Trinajstić information content (AvgIpc) is 3.36. The van der Waals surface area contributed by atoms with Crippen molar-refractivity contribution >= 4 is 50.9 Å². The molecule has 9 heteroatoms. The maximum Gasteiger partial charge on any atom is 0.350 e. The lowest BCUT2D eigenvalue weighted by molar-refractivity contribution is 0.0605. The van der Waals surface area contributed by atoms with Crippen LogP contribution in [0.15, 0.2) is 51.7 Å². The molecule has 0 saturated heterocycles. The molecule has 5 rings (SSSR count). The SMILES string of the molecule is COC(=O)c1sc(N2C(=O)c3oc4ccc(Cl)cc4c(=O)c3C2c2ccc(C(C)C)cc2)nc1C. The number of halogens is 1. The fourth-order valence-corrected chi connectivity index (χ4v) is 5.47. The van der Waals surface area contributed by atoms with Crippen LogP contribution >= 0.6 is 22.9 Å². The van der Waals surface area contributed by atoms with Crippen LogP contribution in [-0.4, -0.2) is 24.0 Å². The molecule has 0 bridgehead atoms. The Kier molecular flexibility index (Phi) is 5.73. The molecule has 1 aliphatic rings. The van der Waals surface area contributed by atoms with E-state index >= 15 is 0 Å². The van der Waals surface area contributed by atoms with Gasteiger partial charge in [0.2, 0.25) is 5.76 Å². The number of hydrogen-bond donors (Lipinski definition) is 0. The molecule has 1 atom stereocenters. The zero-order valence-corrected chi connectivity index (χ0v) is 21.0. The minimum absolute atomic E-state index is 0.0461. The highest BCUT2D eigenvalue weighted by Gasteiger charge is 2.45. The number of carbonyl (C=O) groups excluding carboxylic acids is 2. The van der Waals surface area contributed by atoms with Gasteiger partial charge in [0, 0.05) is 5.02 Å². The summed E-state index contributed by atoms with van der Waals surface area (Å²) in [5, 5.41) is 0.959. The molecule has 0 radical (unpaired) electrons. The number of nitrogens with zero attached hydrogens (tertiary/aromatic N) is 2. The number of thiazole rings is 1. The number of rotatable bonds is 4.